The Morgan fingerprint density at radius 2 is 1.97 bits per heavy atom. The average Bonchev–Trinajstić information content (AvgIpc) is 2.76. The van der Waals surface area contributed by atoms with Crippen molar-refractivity contribution in [3.63, 3.8) is 0 Å². The maximum atomic E-state index is 13.9. The molecule has 0 radical (unpaired) electrons. The minimum Gasteiger partial charge on any atom is -0.493 e. The van der Waals surface area contributed by atoms with Crippen LogP contribution in [0, 0.1) is 24.1 Å². The minimum absolute atomic E-state index is 0.0328. The molecule has 1 unspecified atom stereocenters. The van der Waals surface area contributed by atoms with E-state index >= 15 is 0 Å². The van der Waals surface area contributed by atoms with Crippen LogP contribution in [0.5, 0.6) is 11.5 Å². The number of nitrogens with zero attached hydrogens (tertiary/aromatic N) is 1. The van der Waals surface area contributed by atoms with Crippen LogP contribution < -0.4 is 20.2 Å². The Labute approximate surface area is 180 Å². The van der Waals surface area contributed by atoms with Crippen molar-refractivity contribution in [1.82, 2.24) is 10.7 Å². The lowest BCUT2D eigenvalue weighted by Crippen LogP contribution is -2.48. The lowest BCUT2D eigenvalue weighted by Gasteiger charge is -2.20. The zero-order valence-corrected chi connectivity index (χ0v) is 17.5. The fraction of sp³-hybridized carbons (Fsp3) is 0.261. The van der Waals surface area contributed by atoms with Crippen molar-refractivity contribution in [3.8, 4) is 23.8 Å². The predicted molar refractivity (Wildman–Crippen MR) is 116 cm³/mol. The molecule has 1 atom stereocenters. The molecule has 0 bridgehead atoms. The third-order valence-electron chi connectivity index (χ3n) is 4.26. The van der Waals surface area contributed by atoms with Crippen LogP contribution in [0.2, 0.25) is 0 Å². The summed E-state index contributed by atoms with van der Waals surface area (Å²) in [6.07, 6.45) is 6.62. The van der Waals surface area contributed by atoms with E-state index in [4.69, 9.17) is 15.9 Å². The first-order valence-corrected chi connectivity index (χ1v) is 9.50. The summed E-state index contributed by atoms with van der Waals surface area (Å²) in [6, 6.07) is 9.77. The third kappa shape index (κ3) is 6.31. The molecule has 0 aliphatic carbocycles. The number of hydrogen-bond acceptors (Lipinski definition) is 5. The van der Waals surface area contributed by atoms with Crippen molar-refractivity contribution in [2.24, 2.45) is 11.0 Å². The summed E-state index contributed by atoms with van der Waals surface area (Å²) in [7, 11) is 1.49. The quantitative estimate of drug-likeness (QED) is 0.367. The van der Waals surface area contributed by atoms with Gasteiger partial charge in [-0.1, -0.05) is 38.0 Å². The van der Waals surface area contributed by atoms with Gasteiger partial charge >= 0.3 is 0 Å². The number of carbonyl (C=O) groups is 2. The highest BCUT2D eigenvalue weighted by molar-refractivity contribution is 5.98. The van der Waals surface area contributed by atoms with E-state index in [1.54, 1.807) is 38.1 Å². The molecule has 31 heavy (non-hydrogen) atoms. The van der Waals surface area contributed by atoms with Crippen molar-refractivity contribution in [1.29, 1.82) is 0 Å². The maximum Gasteiger partial charge on any atom is 0.262 e. The lowest BCUT2D eigenvalue weighted by atomic mass is 10.0. The van der Waals surface area contributed by atoms with Crippen molar-refractivity contribution in [3.05, 3.63) is 59.4 Å². The molecule has 2 aromatic rings. The van der Waals surface area contributed by atoms with E-state index < -0.39 is 23.7 Å². The molecule has 0 heterocycles. The number of nitrogens with one attached hydrogen (secondary N) is 2. The number of benzene rings is 2. The second-order valence-corrected chi connectivity index (χ2v) is 6.78. The molecule has 0 saturated heterocycles. The summed E-state index contributed by atoms with van der Waals surface area (Å²) in [4.78, 5) is 25.0. The molecule has 162 valence electrons. The van der Waals surface area contributed by atoms with Crippen LogP contribution in [-0.4, -0.2) is 37.8 Å². The van der Waals surface area contributed by atoms with Crippen molar-refractivity contribution >= 4 is 18.0 Å². The molecule has 0 saturated carbocycles. The summed E-state index contributed by atoms with van der Waals surface area (Å²) in [5, 5.41) is 6.50. The molecular formula is C23H24FN3O4. The molecule has 7 nitrogen and oxygen atoms in total. The van der Waals surface area contributed by atoms with E-state index in [0.717, 1.165) is 0 Å². The van der Waals surface area contributed by atoms with Crippen molar-refractivity contribution in [2.75, 3.05) is 13.7 Å². The van der Waals surface area contributed by atoms with Gasteiger partial charge in [0, 0.05) is 5.56 Å². The van der Waals surface area contributed by atoms with Gasteiger partial charge < -0.3 is 14.8 Å². The smallest absolute Gasteiger partial charge is 0.262 e. The van der Waals surface area contributed by atoms with Crippen molar-refractivity contribution in [2.45, 2.75) is 19.9 Å². The zero-order valence-electron chi connectivity index (χ0n) is 17.5. The number of rotatable bonds is 9. The highest BCUT2D eigenvalue weighted by atomic mass is 19.1. The van der Waals surface area contributed by atoms with E-state index in [2.05, 4.69) is 21.8 Å². The van der Waals surface area contributed by atoms with Gasteiger partial charge in [-0.2, -0.15) is 5.10 Å². The number of methoxy groups -OCH3 is 1. The highest BCUT2D eigenvalue weighted by Crippen LogP contribution is 2.29. The van der Waals surface area contributed by atoms with Crippen LogP contribution in [0.15, 0.2) is 47.6 Å². The van der Waals surface area contributed by atoms with Gasteiger partial charge in [0.2, 0.25) is 0 Å². The SMILES string of the molecule is C#CCOc1c(/C=N/NC(=O)C(NC(=O)c2ccccc2F)C(C)C)cccc1OC. The molecule has 0 aromatic heterocycles. The number of hydrazone groups is 1. The Morgan fingerprint density at radius 1 is 1.23 bits per heavy atom. The largest absolute Gasteiger partial charge is 0.493 e. The maximum absolute atomic E-state index is 13.9. The monoisotopic (exact) mass is 425 g/mol. The first-order chi connectivity index (χ1) is 14.9. The lowest BCUT2D eigenvalue weighted by molar-refractivity contribution is -0.123. The predicted octanol–water partition coefficient (Wildman–Crippen LogP) is 2.75. The van der Waals surface area contributed by atoms with Gasteiger partial charge in [0.1, 0.15) is 18.5 Å². The minimum atomic E-state index is -0.924. The molecule has 0 spiro atoms. The van der Waals surface area contributed by atoms with Gasteiger partial charge in [-0.05, 0) is 30.2 Å². The number of ether oxygens (including phenoxy) is 2. The van der Waals surface area contributed by atoms with Gasteiger partial charge in [-0.25, -0.2) is 9.82 Å². The summed E-state index contributed by atoms with van der Waals surface area (Å²) >= 11 is 0. The number of amides is 2. The Balaban J connectivity index is 2.12. The van der Waals surface area contributed by atoms with E-state index in [1.165, 1.54) is 31.5 Å². The van der Waals surface area contributed by atoms with Gasteiger partial charge in [0.25, 0.3) is 11.8 Å². The first-order valence-electron chi connectivity index (χ1n) is 9.50. The average molecular weight is 425 g/mol. The fourth-order valence-corrected chi connectivity index (χ4v) is 2.70. The molecule has 2 rings (SSSR count). The standard InChI is InChI=1S/C23H24FN3O4/c1-5-13-31-21-16(9-8-12-19(21)30-4)14-25-27-23(29)20(15(2)3)26-22(28)17-10-6-7-11-18(17)24/h1,6-12,14-15,20H,13H2,2-4H3,(H,26,28)(H,27,29)/b25-14+. The van der Waals surface area contributed by atoms with E-state index in [9.17, 15) is 14.0 Å². The van der Waals surface area contributed by atoms with Crippen molar-refractivity contribution < 1.29 is 23.5 Å². The molecule has 2 amide bonds. The molecule has 8 heteroatoms. The van der Waals surface area contributed by atoms with Gasteiger partial charge in [-0.3, -0.25) is 9.59 Å². The van der Waals surface area contributed by atoms with Gasteiger partial charge in [0.05, 0.1) is 18.9 Å². The third-order valence-corrected chi connectivity index (χ3v) is 4.26. The van der Waals surface area contributed by atoms with Crippen LogP contribution in [0.3, 0.4) is 0 Å². The summed E-state index contributed by atoms with van der Waals surface area (Å²) in [5.74, 6) is 1.05. The Hall–Kier alpha value is -3.86. The van der Waals surface area contributed by atoms with Crippen LogP contribution in [-0.2, 0) is 4.79 Å². The second kappa shape index (κ2) is 11.4. The first kappa shape index (κ1) is 23.4. The van der Waals surface area contributed by atoms with E-state index in [1.807, 2.05) is 0 Å². The Bertz CT molecular complexity index is 999. The molecule has 0 aliphatic rings. The number of para-hydroxylation sites is 1. The van der Waals surface area contributed by atoms with E-state index in [-0.39, 0.29) is 18.1 Å². The van der Waals surface area contributed by atoms with Crippen LogP contribution >= 0.6 is 0 Å². The molecule has 0 aliphatic heterocycles. The summed E-state index contributed by atoms with van der Waals surface area (Å²) in [5.41, 5.74) is 2.78. The van der Waals surface area contributed by atoms with Crippen LogP contribution in [0.25, 0.3) is 0 Å². The Morgan fingerprint density at radius 3 is 2.61 bits per heavy atom. The van der Waals surface area contributed by atoms with Gasteiger partial charge in [0.15, 0.2) is 11.5 Å². The topological polar surface area (TPSA) is 89.0 Å². The van der Waals surface area contributed by atoms with E-state index in [0.29, 0.717) is 17.1 Å². The molecule has 0 fully saturated rings. The zero-order chi connectivity index (χ0) is 22.8. The number of terminal acetylenes is 1. The van der Waals surface area contributed by atoms with Crippen LogP contribution in [0.4, 0.5) is 4.39 Å². The Kier molecular flexibility index (Phi) is 8.58. The fourth-order valence-electron chi connectivity index (χ4n) is 2.70. The number of carbonyl (C=O) groups excluding carboxylic acids is 2. The normalized spacial score (nSPS) is 11.6. The summed E-state index contributed by atoms with van der Waals surface area (Å²) in [6.45, 7) is 3.54. The molecule has 2 aromatic carbocycles. The molecule has 2 N–H and O–H groups in total. The second-order valence-electron chi connectivity index (χ2n) is 6.78. The summed E-state index contributed by atoms with van der Waals surface area (Å²) < 4.78 is 24.6. The number of halogens is 1. The number of hydrogen-bond donors (Lipinski definition) is 2. The molecular weight excluding hydrogens is 401 g/mol. The van der Waals surface area contributed by atoms with Gasteiger partial charge in [-0.15, -0.1) is 6.42 Å². The highest BCUT2D eigenvalue weighted by Gasteiger charge is 2.25. The van der Waals surface area contributed by atoms with Crippen LogP contribution in [0.1, 0.15) is 29.8 Å².